The third kappa shape index (κ3) is 13.4. The molecule has 0 aliphatic rings. The molecule has 1 amide bonds. The number of fused-ring (bicyclic) bond motifs is 1. The number of aromatic nitrogens is 4. The Morgan fingerprint density at radius 3 is 2.10 bits per heavy atom. The minimum absolute atomic E-state index is 0.00298. The molecule has 0 fully saturated rings. The molecule has 280 valence electrons. The van der Waals surface area contributed by atoms with E-state index in [9.17, 15) is 9.90 Å². The fourth-order valence-corrected chi connectivity index (χ4v) is 6.90. The molecular formula is C37H64N6O5Si2. The summed E-state index contributed by atoms with van der Waals surface area (Å²) in [7, 11) is -2.55. The molecule has 0 aromatic carbocycles. The first kappa shape index (κ1) is 41.6. The average molecular weight is 729 g/mol. The van der Waals surface area contributed by atoms with Gasteiger partial charge in [0.25, 0.3) is 0 Å². The third-order valence-corrected chi connectivity index (χ3v) is 11.8. The number of aryl methyl sites for hydroxylation is 1. The number of carbonyl (C=O) groups excluding carboxylic acids is 1. The van der Waals surface area contributed by atoms with Gasteiger partial charge in [-0.05, 0) is 64.6 Å². The third-order valence-electron chi connectivity index (χ3n) is 8.35. The van der Waals surface area contributed by atoms with Crippen molar-refractivity contribution in [1.29, 1.82) is 0 Å². The number of pyridine rings is 1. The summed E-state index contributed by atoms with van der Waals surface area (Å²) in [5, 5.41) is 14.4. The van der Waals surface area contributed by atoms with Crippen LogP contribution in [-0.2, 0) is 27.2 Å². The van der Waals surface area contributed by atoms with Gasteiger partial charge in [0, 0.05) is 71.0 Å². The Labute approximate surface area is 302 Å². The number of hydrogen-bond acceptors (Lipinski definition) is 9. The highest BCUT2D eigenvalue weighted by Crippen LogP contribution is 2.28. The number of hydrogen-bond donors (Lipinski definition) is 1. The van der Waals surface area contributed by atoms with Gasteiger partial charge in [0.05, 0.1) is 18.5 Å². The van der Waals surface area contributed by atoms with Crippen LogP contribution in [0.1, 0.15) is 65.3 Å². The first-order chi connectivity index (χ1) is 23.4. The second kappa shape index (κ2) is 18.6. The van der Waals surface area contributed by atoms with Crippen LogP contribution in [0.25, 0.3) is 16.8 Å². The Balaban J connectivity index is 2.04. The van der Waals surface area contributed by atoms with Crippen LogP contribution in [0.5, 0.6) is 0 Å². The lowest BCUT2D eigenvalue weighted by Crippen LogP contribution is -2.44. The van der Waals surface area contributed by atoms with Crippen molar-refractivity contribution in [2.24, 2.45) is 0 Å². The van der Waals surface area contributed by atoms with Crippen LogP contribution in [0.15, 0.2) is 30.6 Å². The van der Waals surface area contributed by atoms with Gasteiger partial charge in [-0.25, -0.2) is 9.78 Å². The van der Waals surface area contributed by atoms with Crippen molar-refractivity contribution >= 4 is 33.7 Å². The van der Waals surface area contributed by atoms with Crippen LogP contribution in [-0.4, -0.2) is 96.7 Å². The smallest absolute Gasteiger partial charge is 0.410 e. The lowest BCUT2D eigenvalue weighted by Gasteiger charge is -2.33. The number of rotatable bonds is 20. The van der Waals surface area contributed by atoms with E-state index in [0.29, 0.717) is 51.0 Å². The number of carbonyl (C=O) groups is 1. The highest BCUT2D eigenvalue weighted by Gasteiger charge is 2.28. The largest absolute Gasteiger partial charge is 0.444 e. The number of aliphatic hydroxyl groups is 1. The molecule has 3 aromatic rings. The van der Waals surface area contributed by atoms with E-state index < -0.39 is 21.7 Å². The van der Waals surface area contributed by atoms with E-state index >= 15 is 0 Å². The van der Waals surface area contributed by atoms with Crippen LogP contribution in [0.3, 0.4) is 0 Å². The van der Waals surface area contributed by atoms with E-state index in [2.05, 4.69) is 69.1 Å². The fraction of sp³-hybridized carbons (Fsp3) is 0.676. The number of ether oxygens (including phenoxy) is 3. The summed E-state index contributed by atoms with van der Waals surface area (Å²) < 4.78 is 20.3. The van der Waals surface area contributed by atoms with Gasteiger partial charge in [-0.1, -0.05) is 59.2 Å². The van der Waals surface area contributed by atoms with E-state index in [1.54, 1.807) is 6.20 Å². The molecule has 0 saturated heterocycles. The molecule has 0 saturated carbocycles. The normalized spacial score (nSPS) is 13.1. The van der Waals surface area contributed by atoms with Crippen LogP contribution in [0.4, 0.5) is 10.6 Å². The maximum Gasteiger partial charge on any atom is 0.410 e. The summed E-state index contributed by atoms with van der Waals surface area (Å²) in [6, 6.07) is 7.99. The zero-order chi connectivity index (χ0) is 37.1. The number of anilines is 1. The quantitative estimate of drug-likeness (QED) is 0.0701. The van der Waals surface area contributed by atoms with Gasteiger partial charge in [-0.2, -0.15) is 9.61 Å². The molecule has 0 bridgehead atoms. The summed E-state index contributed by atoms with van der Waals surface area (Å²) in [4.78, 5) is 26.9. The van der Waals surface area contributed by atoms with E-state index in [-0.39, 0.29) is 18.7 Å². The lowest BCUT2D eigenvalue weighted by atomic mass is 10.0. The van der Waals surface area contributed by atoms with E-state index in [1.807, 2.05) is 48.5 Å². The van der Waals surface area contributed by atoms with Gasteiger partial charge in [0.15, 0.2) is 5.65 Å². The second-order valence-corrected chi connectivity index (χ2v) is 27.8. The molecule has 3 aromatic heterocycles. The molecule has 0 radical (unpaired) electrons. The molecule has 11 nitrogen and oxygen atoms in total. The minimum atomic E-state index is -1.27. The van der Waals surface area contributed by atoms with Gasteiger partial charge >= 0.3 is 6.09 Å². The number of aliphatic hydroxyl groups excluding tert-OH is 1. The van der Waals surface area contributed by atoms with Crippen molar-refractivity contribution in [3.63, 3.8) is 0 Å². The standard InChI is InChI=1S/C37H64N6O5Si2/c1-12-18-42(36(45)48-37(3,4)5)32(13-2)17-16-30-23-34(41(27-46-19-21-49(6,7)8)28-47-20-22-50(9,10)11)43-35(40-30)33(25-39-43)29-14-15-31(26-44)38-24-29/h14-15,23-25,32,44H,12-13,16-22,26-28H2,1-11H3/t32-/m1/s1. The van der Waals surface area contributed by atoms with Gasteiger partial charge in [-0.15, -0.1) is 0 Å². The van der Waals surface area contributed by atoms with Gasteiger partial charge < -0.3 is 29.1 Å². The van der Waals surface area contributed by atoms with E-state index in [0.717, 1.165) is 54.0 Å². The molecule has 0 unspecified atom stereocenters. The van der Waals surface area contributed by atoms with Crippen molar-refractivity contribution in [2.75, 3.05) is 38.1 Å². The molecule has 1 N–H and O–H groups in total. The maximum absolute atomic E-state index is 13.3. The Bertz CT molecular complexity index is 1460. The zero-order valence-corrected chi connectivity index (χ0v) is 34.7. The molecule has 0 aliphatic heterocycles. The highest BCUT2D eigenvalue weighted by molar-refractivity contribution is 6.76. The topological polar surface area (TPSA) is 115 Å². The van der Waals surface area contributed by atoms with Crippen molar-refractivity contribution in [1.82, 2.24) is 24.5 Å². The Hall–Kier alpha value is -2.85. The van der Waals surface area contributed by atoms with Crippen molar-refractivity contribution in [3.8, 4) is 11.1 Å². The van der Waals surface area contributed by atoms with Crippen LogP contribution >= 0.6 is 0 Å². The molecule has 0 spiro atoms. The molecule has 3 heterocycles. The molecule has 3 rings (SSSR count). The lowest BCUT2D eigenvalue weighted by molar-refractivity contribution is 0.0147. The van der Waals surface area contributed by atoms with Crippen molar-refractivity contribution < 1.29 is 24.1 Å². The molecule has 0 aliphatic carbocycles. The Kier molecular flexibility index (Phi) is 15.5. The zero-order valence-electron chi connectivity index (χ0n) is 32.7. The number of nitrogens with zero attached hydrogens (tertiary/aromatic N) is 6. The van der Waals surface area contributed by atoms with Crippen LogP contribution < -0.4 is 4.90 Å². The van der Waals surface area contributed by atoms with Gasteiger partial charge in [0.1, 0.15) is 24.9 Å². The first-order valence-electron chi connectivity index (χ1n) is 18.3. The summed E-state index contributed by atoms with van der Waals surface area (Å²) in [5.41, 5.74) is 3.34. The molecular weight excluding hydrogens is 665 g/mol. The summed E-state index contributed by atoms with van der Waals surface area (Å²) in [6.07, 6.45) is 6.33. The van der Waals surface area contributed by atoms with Crippen LogP contribution in [0.2, 0.25) is 51.4 Å². The molecule has 50 heavy (non-hydrogen) atoms. The highest BCUT2D eigenvalue weighted by atomic mass is 28.3. The van der Waals surface area contributed by atoms with Gasteiger partial charge in [0.2, 0.25) is 0 Å². The molecule has 13 heteroatoms. The van der Waals surface area contributed by atoms with E-state index in [4.69, 9.17) is 24.3 Å². The summed E-state index contributed by atoms with van der Waals surface area (Å²) in [5.74, 6) is 0.836. The van der Waals surface area contributed by atoms with Crippen molar-refractivity contribution in [2.45, 2.75) is 130 Å². The SMILES string of the molecule is CCCN(C(=O)OC(C)(C)C)[C@H](CC)CCc1cc(N(COCC[Si](C)(C)C)COCC[Si](C)(C)C)n2ncc(-c3ccc(CO)nc3)c2n1. The predicted molar refractivity (Wildman–Crippen MR) is 208 cm³/mol. The maximum atomic E-state index is 13.3. The van der Waals surface area contributed by atoms with Crippen LogP contribution in [0, 0.1) is 0 Å². The van der Waals surface area contributed by atoms with Crippen molar-refractivity contribution in [3.05, 3.63) is 42.0 Å². The van der Waals surface area contributed by atoms with Gasteiger partial charge in [-0.3, -0.25) is 4.98 Å². The number of amides is 1. The average Bonchev–Trinajstić information content (AvgIpc) is 3.45. The molecule has 1 atom stereocenters. The predicted octanol–water partition coefficient (Wildman–Crippen LogP) is 8.07. The second-order valence-electron chi connectivity index (χ2n) is 16.6. The monoisotopic (exact) mass is 728 g/mol. The first-order valence-corrected chi connectivity index (χ1v) is 25.7. The Morgan fingerprint density at radius 2 is 1.60 bits per heavy atom. The Morgan fingerprint density at radius 1 is 0.960 bits per heavy atom. The summed E-state index contributed by atoms with van der Waals surface area (Å²) >= 11 is 0. The fourth-order valence-electron chi connectivity index (χ4n) is 5.38. The summed E-state index contributed by atoms with van der Waals surface area (Å²) in [6.45, 7) is 26.6. The van der Waals surface area contributed by atoms with E-state index in [1.165, 1.54) is 0 Å². The minimum Gasteiger partial charge on any atom is -0.444 e.